The average Bonchev–Trinajstić information content (AvgIpc) is 2.53. The van der Waals surface area contributed by atoms with Crippen LogP contribution in [0.15, 0.2) is 66.1 Å². The molecule has 0 bridgehead atoms. The highest BCUT2D eigenvalue weighted by Gasteiger charge is 2.14. The lowest BCUT2D eigenvalue weighted by Crippen LogP contribution is -2.28. The molecule has 126 valence electrons. The molecule has 0 spiro atoms. The van der Waals surface area contributed by atoms with E-state index >= 15 is 0 Å². The minimum atomic E-state index is -3.69. The number of benzene rings is 2. The van der Waals surface area contributed by atoms with Gasteiger partial charge in [-0.15, -0.1) is 6.58 Å². The average molecular weight is 382 g/mol. The van der Waals surface area contributed by atoms with E-state index in [2.05, 4.69) is 21.9 Å². The fourth-order valence-corrected chi connectivity index (χ4v) is 3.26. The number of nitrogens with one attached hydrogen (secondary N) is 3. The van der Waals surface area contributed by atoms with E-state index in [-0.39, 0.29) is 4.90 Å². The van der Waals surface area contributed by atoms with Crippen molar-refractivity contribution in [2.45, 2.75) is 4.90 Å². The first-order valence-corrected chi connectivity index (χ1v) is 9.22. The summed E-state index contributed by atoms with van der Waals surface area (Å²) < 4.78 is 27.2. The first-order chi connectivity index (χ1) is 11.4. The fraction of sp³-hybridized carbons (Fsp3) is 0.0625. The van der Waals surface area contributed by atoms with Gasteiger partial charge < -0.3 is 10.6 Å². The maximum absolute atomic E-state index is 12.4. The van der Waals surface area contributed by atoms with Crippen molar-refractivity contribution in [3.05, 3.63) is 66.2 Å². The molecule has 0 amide bonds. The molecule has 8 heteroatoms. The Morgan fingerprint density at radius 2 is 1.88 bits per heavy atom. The summed E-state index contributed by atoms with van der Waals surface area (Å²) in [6.45, 7) is 4.13. The predicted octanol–water partition coefficient (Wildman–Crippen LogP) is 3.61. The van der Waals surface area contributed by atoms with Crippen LogP contribution in [0.5, 0.6) is 0 Å². The SMILES string of the molecule is C=CCNC(=S)Nc1ccc(S(=O)(=O)Nc2cccc(Cl)c2)cc1. The zero-order valence-electron chi connectivity index (χ0n) is 12.6. The standard InChI is InChI=1S/C16H16ClN3O2S2/c1-2-10-18-16(23)19-13-6-8-15(9-7-13)24(21,22)20-14-5-3-4-12(17)11-14/h2-9,11,20H,1,10H2,(H2,18,19,23). The minimum Gasteiger partial charge on any atom is -0.359 e. The Kier molecular flexibility index (Phi) is 6.19. The van der Waals surface area contributed by atoms with Crippen molar-refractivity contribution in [3.63, 3.8) is 0 Å². The van der Waals surface area contributed by atoms with Crippen LogP contribution >= 0.6 is 23.8 Å². The topological polar surface area (TPSA) is 70.2 Å². The second-order valence-corrected chi connectivity index (χ2v) is 7.29. The van der Waals surface area contributed by atoms with Crippen molar-refractivity contribution in [3.8, 4) is 0 Å². The van der Waals surface area contributed by atoms with Crippen LogP contribution in [0.4, 0.5) is 11.4 Å². The van der Waals surface area contributed by atoms with Gasteiger partial charge in [-0.2, -0.15) is 0 Å². The zero-order valence-corrected chi connectivity index (χ0v) is 15.0. The highest BCUT2D eigenvalue weighted by molar-refractivity contribution is 7.92. The number of halogens is 1. The van der Waals surface area contributed by atoms with Gasteiger partial charge in [0.25, 0.3) is 10.0 Å². The summed E-state index contributed by atoms with van der Waals surface area (Å²) in [5.41, 5.74) is 1.08. The normalized spacial score (nSPS) is 10.7. The van der Waals surface area contributed by atoms with Gasteiger partial charge in [-0.1, -0.05) is 23.7 Å². The Balaban J connectivity index is 2.08. The summed E-state index contributed by atoms with van der Waals surface area (Å²) in [7, 11) is -3.69. The molecule has 2 aromatic rings. The molecule has 0 radical (unpaired) electrons. The molecule has 0 aliphatic carbocycles. The number of thiocarbonyl (C=S) groups is 1. The fourth-order valence-electron chi connectivity index (χ4n) is 1.82. The molecule has 0 saturated carbocycles. The van der Waals surface area contributed by atoms with Crippen LogP contribution in [0.2, 0.25) is 5.02 Å². The van der Waals surface area contributed by atoms with Gasteiger partial charge in [0.2, 0.25) is 0 Å². The molecule has 0 aromatic heterocycles. The van der Waals surface area contributed by atoms with E-state index in [0.29, 0.717) is 28.1 Å². The third-order valence-electron chi connectivity index (χ3n) is 2.91. The van der Waals surface area contributed by atoms with Crippen LogP contribution in [0.1, 0.15) is 0 Å². The third-order valence-corrected chi connectivity index (χ3v) is 4.78. The van der Waals surface area contributed by atoms with Crippen molar-refractivity contribution in [2.75, 3.05) is 16.6 Å². The Morgan fingerprint density at radius 3 is 2.50 bits per heavy atom. The zero-order chi connectivity index (χ0) is 17.6. The number of sulfonamides is 1. The molecule has 0 aliphatic rings. The van der Waals surface area contributed by atoms with Gasteiger partial charge in [0.05, 0.1) is 10.6 Å². The smallest absolute Gasteiger partial charge is 0.261 e. The number of hydrogen-bond acceptors (Lipinski definition) is 3. The summed E-state index contributed by atoms with van der Waals surface area (Å²) in [5, 5.41) is 6.76. The highest BCUT2D eigenvalue weighted by atomic mass is 35.5. The molecule has 0 unspecified atom stereocenters. The third kappa shape index (κ3) is 5.23. The van der Waals surface area contributed by atoms with E-state index in [1.165, 1.54) is 12.1 Å². The predicted molar refractivity (Wildman–Crippen MR) is 103 cm³/mol. The number of rotatable bonds is 6. The lowest BCUT2D eigenvalue weighted by Gasteiger charge is -2.11. The molecule has 0 fully saturated rings. The van der Waals surface area contributed by atoms with Crippen LogP contribution in [0, 0.1) is 0 Å². The van der Waals surface area contributed by atoms with E-state index in [0.717, 1.165) is 0 Å². The summed E-state index contributed by atoms with van der Waals surface area (Å²) >= 11 is 11.0. The first-order valence-electron chi connectivity index (χ1n) is 6.95. The monoisotopic (exact) mass is 381 g/mol. The van der Waals surface area contributed by atoms with Gasteiger partial charge in [-0.25, -0.2) is 8.42 Å². The maximum atomic E-state index is 12.4. The second-order valence-electron chi connectivity index (χ2n) is 4.76. The second kappa shape index (κ2) is 8.14. The van der Waals surface area contributed by atoms with E-state index in [1.54, 1.807) is 42.5 Å². The van der Waals surface area contributed by atoms with Crippen LogP contribution in [0.25, 0.3) is 0 Å². The summed E-state index contributed by atoms with van der Waals surface area (Å²) in [6, 6.07) is 12.8. The number of hydrogen-bond donors (Lipinski definition) is 3. The van der Waals surface area contributed by atoms with Gasteiger partial charge in [0.1, 0.15) is 0 Å². The van der Waals surface area contributed by atoms with Gasteiger partial charge >= 0.3 is 0 Å². The maximum Gasteiger partial charge on any atom is 0.261 e. The molecule has 0 heterocycles. The van der Waals surface area contributed by atoms with Crippen LogP contribution in [-0.4, -0.2) is 20.1 Å². The summed E-state index contributed by atoms with van der Waals surface area (Å²) in [5.74, 6) is 0. The molecule has 3 N–H and O–H groups in total. The number of anilines is 2. The van der Waals surface area contributed by atoms with Crippen molar-refractivity contribution in [1.82, 2.24) is 5.32 Å². The van der Waals surface area contributed by atoms with Crippen LogP contribution < -0.4 is 15.4 Å². The van der Waals surface area contributed by atoms with Gasteiger partial charge in [0.15, 0.2) is 5.11 Å². The van der Waals surface area contributed by atoms with Gasteiger partial charge in [-0.3, -0.25) is 4.72 Å². The van der Waals surface area contributed by atoms with Crippen molar-refractivity contribution < 1.29 is 8.42 Å². The van der Waals surface area contributed by atoms with Gasteiger partial charge in [-0.05, 0) is 54.7 Å². The molecule has 2 rings (SSSR count). The largest absolute Gasteiger partial charge is 0.359 e. The van der Waals surface area contributed by atoms with E-state index in [1.807, 2.05) is 0 Å². The van der Waals surface area contributed by atoms with Crippen LogP contribution in [0.3, 0.4) is 0 Å². The van der Waals surface area contributed by atoms with E-state index in [9.17, 15) is 8.42 Å². The summed E-state index contributed by atoms with van der Waals surface area (Å²) in [6.07, 6.45) is 1.69. The Hall–Kier alpha value is -2.09. The van der Waals surface area contributed by atoms with E-state index < -0.39 is 10.0 Å². The molecular weight excluding hydrogens is 366 g/mol. The van der Waals surface area contributed by atoms with Crippen molar-refractivity contribution >= 4 is 50.3 Å². The Labute approximate surface area is 151 Å². The first kappa shape index (κ1) is 18.3. The highest BCUT2D eigenvalue weighted by Crippen LogP contribution is 2.20. The van der Waals surface area contributed by atoms with Crippen LogP contribution in [-0.2, 0) is 10.0 Å². The minimum absolute atomic E-state index is 0.137. The molecule has 0 aliphatic heterocycles. The molecule has 0 saturated heterocycles. The Morgan fingerprint density at radius 1 is 1.17 bits per heavy atom. The Bertz CT molecular complexity index is 837. The molecule has 24 heavy (non-hydrogen) atoms. The van der Waals surface area contributed by atoms with Crippen molar-refractivity contribution in [1.29, 1.82) is 0 Å². The quantitative estimate of drug-likeness (QED) is 0.526. The lowest BCUT2D eigenvalue weighted by atomic mass is 10.3. The molecule has 0 atom stereocenters. The molecule has 2 aromatic carbocycles. The molecule has 5 nitrogen and oxygen atoms in total. The van der Waals surface area contributed by atoms with E-state index in [4.69, 9.17) is 23.8 Å². The molecular formula is C16H16ClN3O2S2. The van der Waals surface area contributed by atoms with Crippen molar-refractivity contribution in [2.24, 2.45) is 0 Å². The summed E-state index contributed by atoms with van der Waals surface area (Å²) in [4.78, 5) is 0.137. The van der Waals surface area contributed by atoms with Gasteiger partial charge in [0, 0.05) is 17.3 Å². The lowest BCUT2D eigenvalue weighted by molar-refractivity contribution is 0.601.